The largest absolute Gasteiger partial charge is 0.336 e. The number of H-pyrrole nitrogens is 1. The summed E-state index contributed by atoms with van der Waals surface area (Å²) in [4.78, 5) is 14.9. The Morgan fingerprint density at radius 2 is 2.13 bits per heavy atom. The number of aromatic nitrogens is 4. The molecule has 0 bridgehead atoms. The minimum absolute atomic E-state index is 0.0119. The Morgan fingerprint density at radius 1 is 1.23 bits per heavy atom. The molecule has 2 atom stereocenters. The quantitative estimate of drug-likeness (QED) is 0.553. The first-order valence-corrected chi connectivity index (χ1v) is 10.4. The van der Waals surface area contributed by atoms with Crippen LogP contribution < -0.4 is 0 Å². The number of fused-ring (bicyclic) bond motifs is 1. The zero-order valence-corrected chi connectivity index (χ0v) is 17.2. The van der Waals surface area contributed by atoms with Gasteiger partial charge >= 0.3 is 0 Å². The summed E-state index contributed by atoms with van der Waals surface area (Å²) in [6, 6.07) is 15.5. The maximum atomic E-state index is 13.0. The summed E-state index contributed by atoms with van der Waals surface area (Å²) in [6.07, 6.45) is 6.51. The van der Waals surface area contributed by atoms with Crippen LogP contribution in [-0.4, -0.2) is 43.4 Å². The summed E-state index contributed by atoms with van der Waals surface area (Å²) < 4.78 is 2.04. The average Bonchev–Trinajstić information content (AvgIpc) is 3.54. The normalized spacial score (nSPS) is 18.4. The second-order valence-electron chi connectivity index (χ2n) is 8.19. The average molecular weight is 410 g/mol. The molecule has 1 saturated heterocycles. The smallest absolute Gasteiger partial charge is 0.254 e. The second kappa shape index (κ2) is 7.73. The van der Waals surface area contributed by atoms with Crippen LogP contribution in [0.5, 0.6) is 0 Å². The van der Waals surface area contributed by atoms with Gasteiger partial charge in [0.1, 0.15) is 0 Å². The molecule has 2 aromatic carbocycles. The van der Waals surface area contributed by atoms with Crippen LogP contribution in [0.3, 0.4) is 0 Å². The maximum absolute atomic E-state index is 13.0. The van der Waals surface area contributed by atoms with Gasteiger partial charge in [-0.2, -0.15) is 15.5 Å². The van der Waals surface area contributed by atoms with Gasteiger partial charge in [0.2, 0.25) is 0 Å². The van der Waals surface area contributed by atoms with E-state index in [1.807, 2.05) is 28.2 Å². The molecule has 1 fully saturated rings. The molecule has 1 aliphatic heterocycles. The van der Waals surface area contributed by atoms with Crippen molar-refractivity contribution in [2.45, 2.75) is 25.9 Å². The molecule has 0 spiro atoms. The van der Waals surface area contributed by atoms with Crippen molar-refractivity contribution in [1.82, 2.24) is 24.9 Å². The fourth-order valence-electron chi connectivity index (χ4n) is 4.51. The molecular weight excluding hydrogens is 388 g/mol. The lowest BCUT2D eigenvalue weighted by Gasteiger charge is -2.21. The first-order valence-electron chi connectivity index (χ1n) is 10.4. The van der Waals surface area contributed by atoms with E-state index >= 15 is 0 Å². The molecule has 1 N–H and O–H groups in total. The summed E-state index contributed by atoms with van der Waals surface area (Å²) in [5, 5.41) is 21.7. The summed E-state index contributed by atoms with van der Waals surface area (Å²) >= 11 is 0. The Balaban J connectivity index is 1.32. The Hall–Kier alpha value is -3.92. The number of rotatable bonds is 4. The van der Waals surface area contributed by atoms with Crippen LogP contribution in [0.4, 0.5) is 0 Å². The zero-order chi connectivity index (χ0) is 21.4. The highest BCUT2D eigenvalue weighted by Gasteiger charge is 2.33. The number of hydrogen-bond acceptors (Lipinski definition) is 4. The highest BCUT2D eigenvalue weighted by Crippen LogP contribution is 2.29. The van der Waals surface area contributed by atoms with Crippen LogP contribution in [0.25, 0.3) is 22.0 Å². The van der Waals surface area contributed by atoms with E-state index in [-0.39, 0.29) is 11.9 Å². The van der Waals surface area contributed by atoms with E-state index in [1.165, 1.54) is 0 Å². The van der Waals surface area contributed by atoms with Crippen LogP contribution in [0, 0.1) is 17.2 Å². The molecule has 7 nitrogen and oxygen atoms in total. The van der Waals surface area contributed by atoms with Crippen LogP contribution >= 0.6 is 0 Å². The fraction of sp³-hybridized carbons (Fsp3) is 0.250. The Morgan fingerprint density at radius 3 is 2.94 bits per heavy atom. The predicted octanol–water partition coefficient (Wildman–Crippen LogP) is 3.85. The van der Waals surface area contributed by atoms with E-state index in [9.17, 15) is 4.79 Å². The summed E-state index contributed by atoms with van der Waals surface area (Å²) in [5.41, 5.74) is 4.32. The molecule has 0 radical (unpaired) electrons. The number of likely N-dealkylation sites (tertiary alicyclic amines) is 1. The monoisotopic (exact) mass is 410 g/mol. The second-order valence-corrected chi connectivity index (χ2v) is 8.19. The first kappa shape index (κ1) is 19.1. The summed E-state index contributed by atoms with van der Waals surface area (Å²) in [5.74, 6) is 0.317. The molecule has 31 heavy (non-hydrogen) atoms. The van der Waals surface area contributed by atoms with Crippen LogP contribution in [-0.2, 0) is 6.54 Å². The van der Waals surface area contributed by atoms with Crippen LogP contribution in [0.2, 0.25) is 0 Å². The third-order valence-electron chi connectivity index (χ3n) is 6.07. The minimum Gasteiger partial charge on any atom is -0.336 e. The number of carbonyl (C=O) groups is 1. The number of nitriles is 1. The number of aromatic amines is 1. The van der Waals surface area contributed by atoms with Crippen LogP contribution in [0.15, 0.2) is 61.1 Å². The van der Waals surface area contributed by atoms with Crippen molar-refractivity contribution in [3.8, 4) is 17.2 Å². The lowest BCUT2D eigenvalue weighted by Crippen LogP contribution is -2.34. The summed E-state index contributed by atoms with van der Waals surface area (Å²) in [6.45, 7) is 3.54. The number of carbonyl (C=O) groups excluding carboxylic acids is 1. The molecular formula is C24H22N6O. The molecule has 4 aromatic rings. The molecule has 7 heteroatoms. The molecule has 0 unspecified atom stereocenters. The zero-order valence-electron chi connectivity index (χ0n) is 17.2. The molecule has 2 aromatic heterocycles. The molecule has 3 heterocycles. The van der Waals surface area contributed by atoms with Gasteiger partial charge in [0, 0.05) is 41.8 Å². The molecule has 154 valence electrons. The van der Waals surface area contributed by atoms with Crippen molar-refractivity contribution in [2.24, 2.45) is 5.92 Å². The van der Waals surface area contributed by atoms with E-state index in [4.69, 9.17) is 5.26 Å². The maximum Gasteiger partial charge on any atom is 0.254 e. The number of nitrogens with zero attached hydrogens (tertiary/aromatic N) is 5. The third-order valence-corrected chi connectivity index (χ3v) is 6.07. The Labute approximate surface area is 179 Å². The van der Waals surface area contributed by atoms with Crippen molar-refractivity contribution in [2.75, 3.05) is 6.54 Å². The van der Waals surface area contributed by atoms with Crippen LogP contribution in [0.1, 0.15) is 29.3 Å². The number of nitrogens with one attached hydrogen (secondary N) is 1. The highest BCUT2D eigenvalue weighted by atomic mass is 16.2. The minimum atomic E-state index is -0.0119. The first-order chi connectivity index (χ1) is 15.1. The van der Waals surface area contributed by atoms with Gasteiger partial charge < -0.3 is 4.90 Å². The van der Waals surface area contributed by atoms with E-state index in [0.29, 0.717) is 23.6 Å². The lowest BCUT2D eigenvalue weighted by atomic mass is 10.1. The summed E-state index contributed by atoms with van der Waals surface area (Å²) in [7, 11) is 0. The van der Waals surface area contributed by atoms with E-state index < -0.39 is 0 Å². The molecule has 1 amide bonds. The number of amides is 1. The Kier molecular flexibility index (Phi) is 4.75. The van der Waals surface area contributed by atoms with Crippen molar-refractivity contribution in [3.63, 3.8) is 0 Å². The lowest BCUT2D eigenvalue weighted by molar-refractivity contribution is 0.0742. The van der Waals surface area contributed by atoms with E-state index in [0.717, 1.165) is 35.0 Å². The SMILES string of the molecule is C[C@H]1C[C@@H](Cn2ncc3cc(-c4cn[nH]c4)ccc32)CN1C(=O)c1cccc(C#N)c1. The van der Waals surface area contributed by atoms with Crippen molar-refractivity contribution < 1.29 is 4.79 Å². The third kappa shape index (κ3) is 3.57. The fourth-order valence-corrected chi connectivity index (χ4v) is 4.51. The van der Waals surface area contributed by atoms with Gasteiger partial charge in [-0.1, -0.05) is 12.1 Å². The van der Waals surface area contributed by atoms with E-state index in [2.05, 4.69) is 46.5 Å². The van der Waals surface area contributed by atoms with Crippen molar-refractivity contribution in [1.29, 1.82) is 5.26 Å². The highest BCUT2D eigenvalue weighted by molar-refractivity contribution is 5.95. The van der Waals surface area contributed by atoms with Gasteiger partial charge in [-0.25, -0.2) is 0 Å². The van der Waals surface area contributed by atoms with Gasteiger partial charge in [-0.15, -0.1) is 0 Å². The van der Waals surface area contributed by atoms with E-state index in [1.54, 1.807) is 24.3 Å². The van der Waals surface area contributed by atoms with Gasteiger partial charge in [0.15, 0.2) is 0 Å². The molecule has 1 aliphatic rings. The van der Waals surface area contributed by atoms with Crippen molar-refractivity contribution >= 4 is 16.8 Å². The number of benzene rings is 2. The standard InChI is InChI=1S/C24H22N6O/c1-16-7-18(14-29(16)24(31)20-4-2-3-17(8-20)10-25)15-30-23-6-5-19(9-21(23)13-28-30)22-11-26-27-12-22/h2-6,8-9,11-13,16,18H,7,14-15H2,1H3,(H,26,27)/t16-,18+/m0/s1. The Bertz CT molecular complexity index is 1280. The van der Waals surface area contributed by atoms with Crippen molar-refractivity contribution in [3.05, 3.63) is 72.2 Å². The van der Waals surface area contributed by atoms with Gasteiger partial charge in [0.25, 0.3) is 5.91 Å². The predicted molar refractivity (Wildman–Crippen MR) is 117 cm³/mol. The number of hydrogen-bond donors (Lipinski definition) is 1. The topological polar surface area (TPSA) is 90.6 Å². The van der Waals surface area contributed by atoms with Gasteiger partial charge in [-0.05, 0) is 55.2 Å². The van der Waals surface area contributed by atoms with Gasteiger partial charge in [-0.3, -0.25) is 14.6 Å². The molecule has 0 saturated carbocycles. The molecule has 5 rings (SSSR count). The molecule has 0 aliphatic carbocycles. The van der Waals surface area contributed by atoms with Gasteiger partial charge in [0.05, 0.1) is 29.5 Å².